The first-order valence-electron chi connectivity index (χ1n) is 10.1. The second-order valence-electron chi connectivity index (χ2n) is 7.63. The lowest BCUT2D eigenvalue weighted by Crippen LogP contribution is -2.46. The van der Waals surface area contributed by atoms with Crippen molar-refractivity contribution in [3.63, 3.8) is 0 Å². The Hall–Kier alpha value is -1.90. The van der Waals surface area contributed by atoms with Gasteiger partial charge in [0.05, 0.1) is 0 Å². The van der Waals surface area contributed by atoms with E-state index >= 15 is 0 Å². The van der Waals surface area contributed by atoms with Crippen molar-refractivity contribution in [3.05, 3.63) is 59.5 Å². The predicted molar refractivity (Wildman–Crippen MR) is 127 cm³/mol. The number of aliphatic imine (C=N–C) groups is 1. The van der Waals surface area contributed by atoms with E-state index < -0.39 is 0 Å². The SMILES string of the molecule is CN=C(NCC1CCCc2ccccc21)NC1CCN(c2ncccc2F)C1.I. The number of hydrogen-bond donors (Lipinski definition) is 2. The fourth-order valence-electron chi connectivity index (χ4n) is 4.35. The van der Waals surface area contributed by atoms with Crippen molar-refractivity contribution in [2.75, 3.05) is 31.6 Å². The minimum absolute atomic E-state index is 0. The summed E-state index contributed by atoms with van der Waals surface area (Å²) in [6, 6.07) is 12.1. The molecular weight excluding hydrogens is 480 g/mol. The topological polar surface area (TPSA) is 52.6 Å². The van der Waals surface area contributed by atoms with E-state index in [-0.39, 0.29) is 35.8 Å². The second kappa shape index (κ2) is 10.2. The van der Waals surface area contributed by atoms with Crippen LogP contribution in [-0.4, -0.2) is 43.7 Å². The molecule has 29 heavy (non-hydrogen) atoms. The summed E-state index contributed by atoms with van der Waals surface area (Å²) in [4.78, 5) is 10.6. The smallest absolute Gasteiger partial charge is 0.191 e. The average molecular weight is 509 g/mol. The summed E-state index contributed by atoms with van der Waals surface area (Å²) < 4.78 is 14.0. The monoisotopic (exact) mass is 509 g/mol. The number of nitrogens with zero attached hydrogens (tertiary/aromatic N) is 3. The van der Waals surface area contributed by atoms with Crippen LogP contribution in [0.5, 0.6) is 0 Å². The number of benzene rings is 1. The van der Waals surface area contributed by atoms with Crippen LogP contribution in [0.15, 0.2) is 47.6 Å². The number of aromatic nitrogens is 1. The standard InChI is InChI=1S/C22H28FN5.HI/c1-24-22(26-14-17-8-4-7-16-6-2-3-9-19(16)17)27-18-11-13-28(15-18)21-20(23)10-5-12-25-21;/h2-3,5-6,9-10,12,17-18H,4,7-8,11,13-15H2,1H3,(H2,24,26,27);1H. The van der Waals surface area contributed by atoms with Crippen LogP contribution in [0.4, 0.5) is 10.2 Å². The molecular formula is C22H29FIN5. The third-order valence-electron chi connectivity index (χ3n) is 5.80. The van der Waals surface area contributed by atoms with Crippen molar-refractivity contribution >= 4 is 35.8 Å². The quantitative estimate of drug-likeness (QED) is 0.375. The first-order valence-corrected chi connectivity index (χ1v) is 10.1. The highest BCUT2D eigenvalue weighted by Crippen LogP contribution is 2.30. The molecule has 2 aromatic rings. The Morgan fingerprint density at radius 3 is 2.93 bits per heavy atom. The molecule has 0 bridgehead atoms. The summed E-state index contributed by atoms with van der Waals surface area (Å²) in [7, 11) is 1.80. The van der Waals surface area contributed by atoms with Gasteiger partial charge in [-0.05, 0) is 48.9 Å². The summed E-state index contributed by atoms with van der Waals surface area (Å²) in [6.45, 7) is 2.39. The zero-order valence-electron chi connectivity index (χ0n) is 16.8. The summed E-state index contributed by atoms with van der Waals surface area (Å²) in [5.41, 5.74) is 2.95. The largest absolute Gasteiger partial charge is 0.356 e. The third kappa shape index (κ3) is 5.18. The van der Waals surface area contributed by atoms with Crippen molar-refractivity contribution < 1.29 is 4.39 Å². The zero-order valence-corrected chi connectivity index (χ0v) is 19.1. The van der Waals surface area contributed by atoms with Gasteiger partial charge in [0.1, 0.15) is 0 Å². The Balaban J connectivity index is 0.00000240. The number of hydrogen-bond acceptors (Lipinski definition) is 3. The summed E-state index contributed by atoms with van der Waals surface area (Å²) >= 11 is 0. The van der Waals surface area contributed by atoms with Gasteiger partial charge < -0.3 is 15.5 Å². The van der Waals surface area contributed by atoms with E-state index in [1.54, 1.807) is 19.3 Å². The van der Waals surface area contributed by atoms with Gasteiger partial charge in [0, 0.05) is 44.8 Å². The van der Waals surface area contributed by atoms with Gasteiger partial charge in [0.15, 0.2) is 17.6 Å². The number of guanidine groups is 1. The lowest BCUT2D eigenvalue weighted by Gasteiger charge is -2.27. The molecule has 2 heterocycles. The highest BCUT2D eigenvalue weighted by Gasteiger charge is 2.26. The number of halogens is 2. The Labute approximate surface area is 189 Å². The molecule has 1 fully saturated rings. The number of fused-ring (bicyclic) bond motifs is 1. The molecule has 0 saturated carbocycles. The molecule has 1 aliphatic heterocycles. The molecule has 0 spiro atoms. The Morgan fingerprint density at radius 2 is 2.10 bits per heavy atom. The molecule has 5 nitrogen and oxygen atoms in total. The van der Waals surface area contributed by atoms with E-state index in [9.17, 15) is 4.39 Å². The number of anilines is 1. The van der Waals surface area contributed by atoms with Gasteiger partial charge in [-0.3, -0.25) is 4.99 Å². The molecule has 1 aromatic heterocycles. The van der Waals surface area contributed by atoms with Crippen molar-refractivity contribution in [2.24, 2.45) is 4.99 Å². The van der Waals surface area contributed by atoms with Crippen molar-refractivity contribution in [3.8, 4) is 0 Å². The fraction of sp³-hybridized carbons (Fsp3) is 0.455. The van der Waals surface area contributed by atoms with Crippen LogP contribution in [0.3, 0.4) is 0 Å². The third-order valence-corrected chi connectivity index (χ3v) is 5.80. The molecule has 2 N–H and O–H groups in total. The van der Waals surface area contributed by atoms with E-state index in [0.717, 1.165) is 32.0 Å². The normalized spacial score (nSPS) is 21.3. The van der Waals surface area contributed by atoms with Crippen LogP contribution >= 0.6 is 24.0 Å². The minimum Gasteiger partial charge on any atom is -0.356 e. The summed E-state index contributed by atoms with van der Waals surface area (Å²) in [5.74, 6) is 1.51. The van der Waals surface area contributed by atoms with Crippen LogP contribution in [-0.2, 0) is 6.42 Å². The van der Waals surface area contributed by atoms with Gasteiger partial charge in [-0.2, -0.15) is 0 Å². The van der Waals surface area contributed by atoms with Gasteiger partial charge in [0.25, 0.3) is 0 Å². The number of pyridine rings is 1. The summed E-state index contributed by atoms with van der Waals surface area (Å²) in [6.07, 6.45) is 6.20. The van der Waals surface area contributed by atoms with Gasteiger partial charge >= 0.3 is 0 Å². The molecule has 156 valence electrons. The maximum atomic E-state index is 14.0. The number of nitrogens with one attached hydrogen (secondary N) is 2. The van der Waals surface area contributed by atoms with E-state index in [1.807, 2.05) is 4.90 Å². The first kappa shape index (κ1) is 21.8. The van der Waals surface area contributed by atoms with Crippen LogP contribution < -0.4 is 15.5 Å². The molecule has 1 aliphatic carbocycles. The van der Waals surface area contributed by atoms with Gasteiger partial charge in [-0.1, -0.05) is 24.3 Å². The minimum atomic E-state index is -0.262. The molecule has 0 radical (unpaired) electrons. The molecule has 2 aliphatic rings. The number of aryl methyl sites for hydroxylation is 1. The van der Waals surface area contributed by atoms with Gasteiger partial charge in [-0.15, -0.1) is 24.0 Å². The van der Waals surface area contributed by atoms with E-state index in [2.05, 4.69) is 44.9 Å². The van der Waals surface area contributed by atoms with Gasteiger partial charge in [-0.25, -0.2) is 9.37 Å². The lowest BCUT2D eigenvalue weighted by molar-refractivity contribution is 0.536. The molecule has 1 saturated heterocycles. The predicted octanol–water partition coefficient (Wildman–Crippen LogP) is 3.70. The van der Waals surface area contributed by atoms with Crippen molar-refractivity contribution in [1.29, 1.82) is 0 Å². The Bertz CT molecular complexity index is 843. The fourth-order valence-corrected chi connectivity index (χ4v) is 4.35. The first-order chi connectivity index (χ1) is 13.7. The average Bonchev–Trinajstić information content (AvgIpc) is 3.19. The highest BCUT2D eigenvalue weighted by atomic mass is 127. The summed E-state index contributed by atoms with van der Waals surface area (Å²) in [5, 5.41) is 7.00. The van der Waals surface area contributed by atoms with E-state index in [4.69, 9.17) is 0 Å². The van der Waals surface area contributed by atoms with Crippen LogP contribution in [0.2, 0.25) is 0 Å². The van der Waals surface area contributed by atoms with Crippen molar-refractivity contribution in [1.82, 2.24) is 15.6 Å². The van der Waals surface area contributed by atoms with E-state index in [1.165, 1.54) is 36.5 Å². The van der Waals surface area contributed by atoms with Crippen LogP contribution in [0.25, 0.3) is 0 Å². The molecule has 2 atom stereocenters. The van der Waals surface area contributed by atoms with Crippen LogP contribution in [0, 0.1) is 5.82 Å². The zero-order chi connectivity index (χ0) is 19.3. The Kier molecular flexibility index (Phi) is 7.69. The molecule has 1 aromatic carbocycles. The van der Waals surface area contributed by atoms with Crippen molar-refractivity contribution in [2.45, 2.75) is 37.6 Å². The lowest BCUT2D eigenvalue weighted by atomic mass is 9.83. The maximum Gasteiger partial charge on any atom is 0.191 e. The van der Waals surface area contributed by atoms with E-state index in [0.29, 0.717) is 11.7 Å². The van der Waals surface area contributed by atoms with Crippen LogP contribution in [0.1, 0.15) is 36.3 Å². The molecule has 2 unspecified atom stereocenters. The van der Waals surface area contributed by atoms with Gasteiger partial charge in [0.2, 0.25) is 0 Å². The molecule has 0 amide bonds. The number of rotatable bonds is 4. The second-order valence-corrected chi connectivity index (χ2v) is 7.63. The molecule has 4 rings (SSSR count). The molecule has 7 heteroatoms. The Morgan fingerprint density at radius 1 is 1.24 bits per heavy atom. The maximum absolute atomic E-state index is 14.0. The highest BCUT2D eigenvalue weighted by molar-refractivity contribution is 14.0.